The second-order valence-corrected chi connectivity index (χ2v) is 4.57. The summed E-state index contributed by atoms with van der Waals surface area (Å²) in [6.45, 7) is 8.23. The number of aryl methyl sites for hydroxylation is 2. The summed E-state index contributed by atoms with van der Waals surface area (Å²) in [6.07, 6.45) is 0. The zero-order chi connectivity index (χ0) is 11.9. The maximum Gasteiger partial charge on any atom is 0.163 e. The highest BCUT2D eigenvalue weighted by molar-refractivity contribution is 5.43. The minimum absolute atomic E-state index is 0.224. The first kappa shape index (κ1) is 11.4. The van der Waals surface area contributed by atoms with Gasteiger partial charge in [0.05, 0.1) is 18.9 Å². The molecule has 4 heteroatoms. The molecule has 88 valence electrons. The van der Waals surface area contributed by atoms with Crippen molar-refractivity contribution in [2.75, 3.05) is 0 Å². The largest absolute Gasteiger partial charge is 0.506 e. The van der Waals surface area contributed by atoms with Gasteiger partial charge in [0.25, 0.3) is 0 Å². The second-order valence-electron chi connectivity index (χ2n) is 4.57. The lowest BCUT2D eigenvalue weighted by Crippen LogP contribution is -2.25. The van der Waals surface area contributed by atoms with Crippen LogP contribution in [0.15, 0.2) is 0 Å². The van der Waals surface area contributed by atoms with Gasteiger partial charge >= 0.3 is 0 Å². The van der Waals surface area contributed by atoms with Crippen molar-refractivity contribution in [2.24, 2.45) is 0 Å². The third-order valence-corrected chi connectivity index (χ3v) is 2.89. The number of aromatic nitrogens is 1. The predicted molar refractivity (Wildman–Crippen MR) is 59.0 cm³/mol. The maximum atomic E-state index is 9.96. The number of hydrogen-bond acceptors (Lipinski definition) is 4. The summed E-state index contributed by atoms with van der Waals surface area (Å²) in [5.74, 6) is -0.395. The molecule has 0 saturated carbocycles. The summed E-state index contributed by atoms with van der Waals surface area (Å²) < 4.78 is 11.2. The Labute approximate surface area is 95.2 Å². The zero-order valence-electron chi connectivity index (χ0n) is 10.1. The van der Waals surface area contributed by atoms with E-state index in [-0.39, 0.29) is 5.75 Å². The Kier molecular flexibility index (Phi) is 2.64. The molecule has 1 aliphatic heterocycles. The third kappa shape index (κ3) is 1.90. The summed E-state index contributed by atoms with van der Waals surface area (Å²) in [7, 11) is 0. The molecule has 2 rings (SSSR count). The van der Waals surface area contributed by atoms with Crippen molar-refractivity contribution < 1.29 is 14.6 Å². The van der Waals surface area contributed by atoms with Gasteiger partial charge in [-0.05, 0) is 27.7 Å². The van der Waals surface area contributed by atoms with E-state index in [1.807, 2.05) is 20.8 Å². The van der Waals surface area contributed by atoms with Crippen LogP contribution in [0.1, 0.15) is 36.4 Å². The zero-order valence-corrected chi connectivity index (χ0v) is 10.1. The molecule has 1 aromatic heterocycles. The SMILES string of the molecule is Cc1nc(C)c2c(c1O)COC(C)(C)OC2. The van der Waals surface area contributed by atoms with Gasteiger partial charge in [0.2, 0.25) is 0 Å². The van der Waals surface area contributed by atoms with Crippen molar-refractivity contribution in [1.29, 1.82) is 0 Å². The minimum Gasteiger partial charge on any atom is -0.506 e. The average molecular weight is 223 g/mol. The molecule has 1 aromatic rings. The van der Waals surface area contributed by atoms with Gasteiger partial charge in [-0.15, -0.1) is 0 Å². The molecule has 0 fully saturated rings. The van der Waals surface area contributed by atoms with Crippen LogP contribution < -0.4 is 0 Å². The van der Waals surface area contributed by atoms with Crippen LogP contribution in [0.5, 0.6) is 5.75 Å². The number of fused-ring (bicyclic) bond motifs is 1. The predicted octanol–water partition coefficient (Wildman–Crippen LogP) is 2.19. The van der Waals surface area contributed by atoms with E-state index in [2.05, 4.69) is 4.98 Å². The van der Waals surface area contributed by atoms with Gasteiger partial charge in [0.1, 0.15) is 5.75 Å². The fourth-order valence-electron chi connectivity index (χ4n) is 1.83. The van der Waals surface area contributed by atoms with Crippen molar-refractivity contribution in [3.8, 4) is 5.75 Å². The molecular weight excluding hydrogens is 206 g/mol. The molecule has 0 unspecified atom stereocenters. The minimum atomic E-state index is -0.619. The molecule has 0 radical (unpaired) electrons. The highest BCUT2D eigenvalue weighted by atomic mass is 16.7. The van der Waals surface area contributed by atoms with E-state index in [1.165, 1.54) is 0 Å². The molecule has 0 bridgehead atoms. The number of aromatic hydroxyl groups is 1. The highest BCUT2D eigenvalue weighted by Gasteiger charge is 2.27. The Morgan fingerprint density at radius 1 is 1.06 bits per heavy atom. The normalized spacial score (nSPS) is 19.0. The van der Waals surface area contributed by atoms with Gasteiger partial charge in [0.15, 0.2) is 5.79 Å². The van der Waals surface area contributed by atoms with E-state index in [0.29, 0.717) is 18.9 Å². The molecule has 0 aliphatic carbocycles. The lowest BCUT2D eigenvalue weighted by Gasteiger charge is -2.22. The Balaban J connectivity index is 2.49. The van der Waals surface area contributed by atoms with E-state index in [9.17, 15) is 5.11 Å². The average Bonchev–Trinajstić information content (AvgIpc) is 2.34. The molecule has 4 nitrogen and oxygen atoms in total. The summed E-state index contributed by atoms with van der Waals surface area (Å²) in [4.78, 5) is 4.29. The Hall–Kier alpha value is -1.13. The van der Waals surface area contributed by atoms with Gasteiger partial charge in [-0.25, -0.2) is 0 Å². The monoisotopic (exact) mass is 223 g/mol. The van der Waals surface area contributed by atoms with Crippen LogP contribution in [-0.4, -0.2) is 15.9 Å². The molecule has 2 heterocycles. The molecule has 0 spiro atoms. The number of pyridine rings is 1. The second kappa shape index (κ2) is 3.71. The van der Waals surface area contributed by atoms with Crippen molar-refractivity contribution in [2.45, 2.75) is 46.7 Å². The Bertz CT molecular complexity index is 427. The fraction of sp³-hybridized carbons (Fsp3) is 0.583. The van der Waals surface area contributed by atoms with Crippen molar-refractivity contribution in [1.82, 2.24) is 4.98 Å². The van der Waals surface area contributed by atoms with Crippen LogP contribution in [0, 0.1) is 13.8 Å². The highest BCUT2D eigenvalue weighted by Crippen LogP contribution is 2.32. The molecule has 1 aliphatic rings. The maximum absolute atomic E-state index is 9.96. The van der Waals surface area contributed by atoms with Crippen LogP contribution in [0.4, 0.5) is 0 Å². The standard InChI is InChI=1S/C12H17NO3/c1-7-9-5-15-12(3,4)16-6-10(9)11(14)8(2)13-7/h14H,5-6H2,1-4H3. The quantitative estimate of drug-likeness (QED) is 0.732. The van der Waals surface area contributed by atoms with E-state index >= 15 is 0 Å². The Morgan fingerprint density at radius 3 is 2.25 bits per heavy atom. The number of rotatable bonds is 0. The fourth-order valence-corrected chi connectivity index (χ4v) is 1.83. The summed E-state index contributed by atoms with van der Waals surface area (Å²) in [6, 6.07) is 0. The molecule has 0 aromatic carbocycles. The van der Waals surface area contributed by atoms with Crippen LogP contribution in [0.3, 0.4) is 0 Å². The topological polar surface area (TPSA) is 51.6 Å². The molecule has 0 atom stereocenters. The molecular formula is C12H17NO3. The Morgan fingerprint density at radius 2 is 1.62 bits per heavy atom. The van der Waals surface area contributed by atoms with Gasteiger partial charge in [-0.3, -0.25) is 4.98 Å². The van der Waals surface area contributed by atoms with E-state index < -0.39 is 5.79 Å². The van der Waals surface area contributed by atoms with Gasteiger partial charge < -0.3 is 14.6 Å². The van der Waals surface area contributed by atoms with E-state index in [4.69, 9.17) is 9.47 Å². The lowest BCUT2D eigenvalue weighted by atomic mass is 10.1. The first-order valence-corrected chi connectivity index (χ1v) is 5.36. The van der Waals surface area contributed by atoms with Crippen LogP contribution >= 0.6 is 0 Å². The van der Waals surface area contributed by atoms with Gasteiger partial charge in [0, 0.05) is 16.8 Å². The summed E-state index contributed by atoms with van der Waals surface area (Å²) >= 11 is 0. The van der Waals surface area contributed by atoms with E-state index in [1.54, 1.807) is 6.92 Å². The van der Waals surface area contributed by atoms with Gasteiger partial charge in [-0.2, -0.15) is 0 Å². The first-order valence-electron chi connectivity index (χ1n) is 5.36. The van der Waals surface area contributed by atoms with Crippen molar-refractivity contribution in [3.05, 3.63) is 22.5 Å². The summed E-state index contributed by atoms with van der Waals surface area (Å²) in [5, 5.41) is 9.96. The van der Waals surface area contributed by atoms with Crippen molar-refractivity contribution in [3.63, 3.8) is 0 Å². The van der Waals surface area contributed by atoms with Crippen molar-refractivity contribution >= 4 is 0 Å². The molecule has 1 N–H and O–H groups in total. The number of ether oxygens (including phenoxy) is 2. The number of hydrogen-bond donors (Lipinski definition) is 1. The molecule has 0 amide bonds. The van der Waals surface area contributed by atoms with Crippen LogP contribution in [0.2, 0.25) is 0 Å². The molecule has 16 heavy (non-hydrogen) atoms. The third-order valence-electron chi connectivity index (χ3n) is 2.89. The number of nitrogens with zero attached hydrogens (tertiary/aromatic N) is 1. The van der Waals surface area contributed by atoms with Gasteiger partial charge in [-0.1, -0.05) is 0 Å². The smallest absolute Gasteiger partial charge is 0.163 e. The van der Waals surface area contributed by atoms with Crippen LogP contribution in [0.25, 0.3) is 0 Å². The lowest BCUT2D eigenvalue weighted by molar-refractivity contribution is -0.219. The summed E-state index contributed by atoms with van der Waals surface area (Å²) in [5.41, 5.74) is 3.27. The van der Waals surface area contributed by atoms with Crippen LogP contribution in [-0.2, 0) is 22.7 Å². The molecule has 0 saturated heterocycles. The first-order chi connectivity index (χ1) is 7.41. The van der Waals surface area contributed by atoms with E-state index in [0.717, 1.165) is 16.8 Å².